The Kier molecular flexibility index (Phi) is 7.25. The Bertz CT molecular complexity index is 766. The summed E-state index contributed by atoms with van der Waals surface area (Å²) in [5.74, 6) is -0.408. The number of hydrogen-bond acceptors (Lipinski definition) is 3. The fraction of sp³-hybridized carbons (Fsp3) is 0.222. The van der Waals surface area contributed by atoms with Crippen molar-refractivity contribution in [3.8, 4) is 0 Å². The summed E-state index contributed by atoms with van der Waals surface area (Å²) in [4.78, 5) is 23.6. The maximum Gasteiger partial charge on any atom is 0.250 e. The van der Waals surface area contributed by atoms with Crippen LogP contribution in [0, 0.1) is 0 Å². The van der Waals surface area contributed by atoms with E-state index in [-0.39, 0.29) is 24.8 Å². The van der Waals surface area contributed by atoms with Crippen molar-refractivity contribution in [3.05, 3.63) is 58.1 Å². The van der Waals surface area contributed by atoms with Crippen LogP contribution in [-0.2, 0) is 20.7 Å². The molecule has 0 radical (unpaired) electrons. The molecule has 0 saturated carbocycles. The summed E-state index contributed by atoms with van der Waals surface area (Å²) in [6, 6.07) is 12.1. The van der Waals surface area contributed by atoms with Gasteiger partial charge in [0.2, 0.25) is 11.8 Å². The van der Waals surface area contributed by atoms with E-state index in [1.54, 1.807) is 36.4 Å². The van der Waals surface area contributed by atoms with Gasteiger partial charge >= 0.3 is 0 Å². The van der Waals surface area contributed by atoms with Crippen LogP contribution in [0.25, 0.3) is 0 Å². The van der Waals surface area contributed by atoms with Gasteiger partial charge in [0, 0.05) is 35.0 Å². The number of halogens is 2. The van der Waals surface area contributed by atoms with E-state index in [1.165, 1.54) is 7.11 Å². The maximum absolute atomic E-state index is 12.1. The van der Waals surface area contributed by atoms with E-state index in [2.05, 4.69) is 10.6 Å². The highest BCUT2D eigenvalue weighted by atomic mass is 35.5. The second kappa shape index (κ2) is 9.42. The molecule has 25 heavy (non-hydrogen) atoms. The zero-order valence-corrected chi connectivity index (χ0v) is 15.2. The second-order valence-electron chi connectivity index (χ2n) is 5.35. The highest BCUT2D eigenvalue weighted by Gasteiger charge is 2.08. The van der Waals surface area contributed by atoms with E-state index < -0.39 is 0 Å². The quantitative estimate of drug-likeness (QED) is 0.757. The largest absolute Gasteiger partial charge is 0.375 e. The zero-order chi connectivity index (χ0) is 18.2. The van der Waals surface area contributed by atoms with Crippen molar-refractivity contribution < 1.29 is 14.3 Å². The van der Waals surface area contributed by atoms with Gasteiger partial charge in [-0.2, -0.15) is 0 Å². The molecular formula is C18H18Cl2N2O3. The van der Waals surface area contributed by atoms with Gasteiger partial charge in [0.25, 0.3) is 0 Å². The van der Waals surface area contributed by atoms with Crippen molar-refractivity contribution in [3.63, 3.8) is 0 Å². The lowest BCUT2D eigenvalue weighted by Crippen LogP contribution is -2.17. The standard InChI is InChI=1S/C18H18Cl2N2O3/c1-25-11-18(24)22-15-4-2-3-14(10-15)21-17(23)8-6-12-5-7-13(19)9-16(12)20/h2-5,7,9-10H,6,8,11H2,1H3,(H,21,23)(H,22,24). The Morgan fingerprint density at radius 3 is 2.32 bits per heavy atom. The summed E-state index contributed by atoms with van der Waals surface area (Å²) < 4.78 is 4.76. The molecule has 0 spiro atoms. The SMILES string of the molecule is COCC(=O)Nc1cccc(NC(=O)CCc2ccc(Cl)cc2Cl)c1. The lowest BCUT2D eigenvalue weighted by Gasteiger charge is -2.09. The first-order valence-electron chi connectivity index (χ1n) is 7.60. The van der Waals surface area contributed by atoms with Crippen molar-refractivity contribution in [1.82, 2.24) is 0 Å². The molecule has 5 nitrogen and oxygen atoms in total. The van der Waals surface area contributed by atoms with Gasteiger partial charge in [-0.1, -0.05) is 35.3 Å². The maximum atomic E-state index is 12.1. The molecule has 2 N–H and O–H groups in total. The Morgan fingerprint density at radius 2 is 1.68 bits per heavy atom. The number of hydrogen-bond donors (Lipinski definition) is 2. The van der Waals surface area contributed by atoms with Crippen LogP contribution < -0.4 is 10.6 Å². The number of aryl methyl sites for hydroxylation is 1. The van der Waals surface area contributed by atoms with Gasteiger partial charge in [0.15, 0.2) is 0 Å². The monoisotopic (exact) mass is 380 g/mol. The summed E-state index contributed by atoms with van der Waals surface area (Å²) in [7, 11) is 1.45. The Balaban J connectivity index is 1.90. The molecule has 0 unspecified atom stereocenters. The van der Waals surface area contributed by atoms with Crippen LogP contribution in [0.1, 0.15) is 12.0 Å². The average molecular weight is 381 g/mol. The third-order valence-electron chi connectivity index (χ3n) is 3.34. The van der Waals surface area contributed by atoms with Gasteiger partial charge in [0.05, 0.1) is 0 Å². The van der Waals surface area contributed by atoms with Crippen molar-refractivity contribution in [1.29, 1.82) is 0 Å². The van der Waals surface area contributed by atoms with E-state index in [0.717, 1.165) is 5.56 Å². The van der Waals surface area contributed by atoms with Gasteiger partial charge in [-0.25, -0.2) is 0 Å². The van der Waals surface area contributed by atoms with Crippen LogP contribution in [0.5, 0.6) is 0 Å². The van der Waals surface area contributed by atoms with E-state index in [0.29, 0.717) is 27.8 Å². The molecule has 7 heteroatoms. The van der Waals surface area contributed by atoms with Gasteiger partial charge in [-0.3, -0.25) is 9.59 Å². The fourth-order valence-corrected chi connectivity index (χ4v) is 2.70. The first-order valence-corrected chi connectivity index (χ1v) is 8.36. The Hall–Kier alpha value is -2.08. The minimum Gasteiger partial charge on any atom is -0.375 e. The third kappa shape index (κ3) is 6.38. The number of anilines is 2. The number of benzene rings is 2. The number of carbonyl (C=O) groups is 2. The average Bonchev–Trinajstić information content (AvgIpc) is 2.54. The summed E-state index contributed by atoms with van der Waals surface area (Å²) in [5.41, 5.74) is 2.05. The van der Waals surface area contributed by atoms with Gasteiger partial charge < -0.3 is 15.4 Å². The molecule has 0 aliphatic carbocycles. The molecule has 0 aliphatic heterocycles. The van der Waals surface area contributed by atoms with Crippen LogP contribution in [0.4, 0.5) is 11.4 Å². The van der Waals surface area contributed by atoms with Crippen LogP contribution in [0.3, 0.4) is 0 Å². The summed E-state index contributed by atoms with van der Waals surface area (Å²) in [6.45, 7) is -0.0293. The van der Waals surface area contributed by atoms with Crippen LogP contribution in [0.15, 0.2) is 42.5 Å². The van der Waals surface area contributed by atoms with E-state index in [1.807, 2.05) is 6.07 Å². The van der Waals surface area contributed by atoms with E-state index >= 15 is 0 Å². The molecule has 2 rings (SSSR count). The van der Waals surface area contributed by atoms with Gasteiger partial charge in [0.1, 0.15) is 6.61 Å². The van der Waals surface area contributed by atoms with E-state index in [4.69, 9.17) is 27.9 Å². The minimum atomic E-state index is -0.261. The van der Waals surface area contributed by atoms with Crippen molar-refractivity contribution in [2.45, 2.75) is 12.8 Å². The van der Waals surface area contributed by atoms with Crippen molar-refractivity contribution in [2.75, 3.05) is 24.4 Å². The molecule has 132 valence electrons. The normalized spacial score (nSPS) is 10.4. The van der Waals surface area contributed by atoms with E-state index in [9.17, 15) is 9.59 Å². The summed E-state index contributed by atoms with van der Waals surface area (Å²) in [6.07, 6.45) is 0.785. The van der Waals surface area contributed by atoms with Gasteiger partial charge in [-0.05, 0) is 42.3 Å². The number of methoxy groups -OCH3 is 1. The highest BCUT2D eigenvalue weighted by Crippen LogP contribution is 2.22. The lowest BCUT2D eigenvalue weighted by molar-refractivity contribution is -0.119. The smallest absolute Gasteiger partial charge is 0.250 e. The molecule has 0 atom stereocenters. The number of carbonyl (C=O) groups excluding carboxylic acids is 2. The van der Waals surface area contributed by atoms with Crippen molar-refractivity contribution in [2.24, 2.45) is 0 Å². The van der Waals surface area contributed by atoms with Crippen LogP contribution in [-0.4, -0.2) is 25.5 Å². The number of nitrogens with one attached hydrogen (secondary N) is 2. The summed E-state index contributed by atoms with van der Waals surface area (Å²) >= 11 is 12.0. The Labute approximate surface area is 156 Å². The van der Waals surface area contributed by atoms with Gasteiger partial charge in [-0.15, -0.1) is 0 Å². The minimum absolute atomic E-state index is 0.0293. The predicted octanol–water partition coefficient (Wildman–Crippen LogP) is 4.15. The molecule has 0 fully saturated rings. The number of amides is 2. The molecule has 2 aromatic rings. The fourth-order valence-electron chi connectivity index (χ4n) is 2.20. The molecule has 0 bridgehead atoms. The first-order chi connectivity index (χ1) is 12.0. The number of ether oxygens (including phenoxy) is 1. The predicted molar refractivity (Wildman–Crippen MR) is 100 cm³/mol. The summed E-state index contributed by atoms with van der Waals surface area (Å²) in [5, 5.41) is 6.59. The molecule has 0 aromatic heterocycles. The number of rotatable bonds is 7. The Morgan fingerprint density at radius 1 is 1.00 bits per heavy atom. The third-order valence-corrected chi connectivity index (χ3v) is 3.93. The van der Waals surface area contributed by atoms with Crippen molar-refractivity contribution >= 4 is 46.4 Å². The highest BCUT2D eigenvalue weighted by molar-refractivity contribution is 6.35. The lowest BCUT2D eigenvalue weighted by atomic mass is 10.1. The molecule has 0 aliphatic rings. The molecular weight excluding hydrogens is 363 g/mol. The first kappa shape index (κ1) is 19.2. The molecule has 0 saturated heterocycles. The van der Waals surface area contributed by atoms with Crippen LogP contribution >= 0.6 is 23.2 Å². The molecule has 2 aromatic carbocycles. The molecule has 2 amide bonds. The van der Waals surface area contributed by atoms with Crippen LogP contribution in [0.2, 0.25) is 10.0 Å². The topological polar surface area (TPSA) is 67.4 Å². The molecule has 0 heterocycles. The second-order valence-corrected chi connectivity index (χ2v) is 6.19. The zero-order valence-electron chi connectivity index (χ0n) is 13.6.